The van der Waals surface area contributed by atoms with Crippen LogP contribution in [0.15, 0.2) is 29.2 Å². The molecule has 0 bridgehead atoms. The van der Waals surface area contributed by atoms with Crippen molar-refractivity contribution in [1.29, 1.82) is 0 Å². The number of carboxylic acids is 1. The van der Waals surface area contributed by atoms with Gasteiger partial charge in [0, 0.05) is 18.7 Å². The first-order valence-corrected chi connectivity index (χ1v) is 9.23. The molecule has 134 valence electrons. The number of sulfonamides is 1. The van der Waals surface area contributed by atoms with Gasteiger partial charge >= 0.3 is 5.97 Å². The number of rotatable bonds is 8. The van der Waals surface area contributed by atoms with Gasteiger partial charge in [0.15, 0.2) is 0 Å². The van der Waals surface area contributed by atoms with Crippen molar-refractivity contribution >= 4 is 21.9 Å². The number of aliphatic carboxylic acids is 1. The number of amides is 1. The van der Waals surface area contributed by atoms with Crippen LogP contribution in [0.5, 0.6) is 0 Å². The molecule has 0 heterocycles. The third-order valence-corrected chi connectivity index (χ3v) is 5.74. The summed E-state index contributed by atoms with van der Waals surface area (Å²) in [6, 6.07) is 4.47. The van der Waals surface area contributed by atoms with Gasteiger partial charge in [0.05, 0.1) is 4.90 Å². The molecule has 0 aliphatic carbocycles. The molecule has 0 aromatic heterocycles. The fraction of sp³-hybridized carbons (Fsp3) is 0.500. The zero-order valence-corrected chi connectivity index (χ0v) is 15.1. The minimum atomic E-state index is -3.59. The van der Waals surface area contributed by atoms with Crippen molar-refractivity contribution in [1.82, 2.24) is 9.62 Å². The maximum absolute atomic E-state index is 12.4. The number of benzene rings is 1. The maximum Gasteiger partial charge on any atom is 0.326 e. The van der Waals surface area contributed by atoms with Crippen LogP contribution >= 0.6 is 0 Å². The van der Waals surface area contributed by atoms with Crippen LogP contribution in [-0.4, -0.2) is 48.8 Å². The normalized spacial score (nSPS) is 13.1. The van der Waals surface area contributed by atoms with E-state index in [1.165, 1.54) is 28.6 Å². The molecule has 0 unspecified atom stereocenters. The maximum atomic E-state index is 12.4. The van der Waals surface area contributed by atoms with Crippen LogP contribution in [0.4, 0.5) is 0 Å². The molecule has 1 atom stereocenters. The van der Waals surface area contributed by atoms with Gasteiger partial charge in [-0.15, -0.1) is 0 Å². The molecule has 2 N–H and O–H groups in total. The number of carboxylic acid groups (broad SMARTS) is 1. The van der Waals surface area contributed by atoms with Gasteiger partial charge in [0.2, 0.25) is 10.0 Å². The van der Waals surface area contributed by atoms with Crippen molar-refractivity contribution in [2.24, 2.45) is 5.92 Å². The lowest BCUT2D eigenvalue weighted by Crippen LogP contribution is -2.44. The molecule has 0 saturated carbocycles. The molecule has 8 heteroatoms. The van der Waals surface area contributed by atoms with Gasteiger partial charge in [0.25, 0.3) is 5.91 Å². The molecule has 0 fully saturated rings. The van der Waals surface area contributed by atoms with E-state index in [4.69, 9.17) is 5.11 Å². The summed E-state index contributed by atoms with van der Waals surface area (Å²) in [5.74, 6) is -1.93. The number of nitrogens with zero attached hydrogens (tertiary/aromatic N) is 1. The lowest BCUT2D eigenvalue weighted by Gasteiger charge is -2.19. The van der Waals surface area contributed by atoms with Gasteiger partial charge in [-0.3, -0.25) is 4.79 Å². The van der Waals surface area contributed by atoms with E-state index in [9.17, 15) is 18.0 Å². The molecule has 7 nitrogen and oxygen atoms in total. The Morgan fingerprint density at radius 3 is 2.00 bits per heavy atom. The number of nitrogens with one attached hydrogen (secondary N) is 1. The highest BCUT2D eigenvalue weighted by Gasteiger charge is 2.25. The Hall–Kier alpha value is -1.93. The third-order valence-electron chi connectivity index (χ3n) is 3.68. The summed E-state index contributed by atoms with van der Waals surface area (Å²) in [5.41, 5.74) is 0.209. The summed E-state index contributed by atoms with van der Waals surface area (Å²) in [5, 5.41) is 11.5. The van der Waals surface area contributed by atoms with Crippen LogP contribution in [-0.2, 0) is 14.8 Å². The first-order chi connectivity index (χ1) is 11.1. The highest BCUT2D eigenvalue weighted by molar-refractivity contribution is 7.89. The van der Waals surface area contributed by atoms with Crippen LogP contribution < -0.4 is 5.32 Å². The Balaban J connectivity index is 2.99. The molecular weight excluding hydrogens is 332 g/mol. The second kappa shape index (κ2) is 8.25. The Labute approximate surface area is 142 Å². The van der Waals surface area contributed by atoms with Crippen molar-refractivity contribution < 1.29 is 23.1 Å². The largest absolute Gasteiger partial charge is 0.480 e. The molecule has 0 aliphatic rings. The minimum Gasteiger partial charge on any atom is -0.480 e. The first kappa shape index (κ1) is 20.1. The number of hydrogen-bond acceptors (Lipinski definition) is 4. The molecule has 1 aromatic rings. The summed E-state index contributed by atoms with van der Waals surface area (Å²) in [6.45, 7) is 7.60. The topological polar surface area (TPSA) is 104 Å². The zero-order chi connectivity index (χ0) is 18.5. The van der Waals surface area contributed by atoms with E-state index in [-0.39, 0.29) is 16.4 Å². The van der Waals surface area contributed by atoms with Gasteiger partial charge < -0.3 is 10.4 Å². The average Bonchev–Trinajstić information content (AvgIpc) is 2.52. The Kier molecular flexibility index (Phi) is 6.92. The van der Waals surface area contributed by atoms with E-state index in [1.54, 1.807) is 27.7 Å². The molecular formula is C16H24N2O5S. The standard InChI is InChI=1S/C16H24N2O5S/c1-5-18(6-2)24(22,23)13-9-7-12(8-10-13)15(19)17-14(11(3)4)16(20)21/h7-11,14H,5-6H2,1-4H3,(H,17,19)(H,20,21)/t14-/m1/s1. The smallest absolute Gasteiger partial charge is 0.326 e. The number of carbonyl (C=O) groups excluding carboxylic acids is 1. The minimum absolute atomic E-state index is 0.0985. The molecule has 1 aromatic carbocycles. The van der Waals surface area contributed by atoms with Gasteiger partial charge in [-0.2, -0.15) is 4.31 Å². The van der Waals surface area contributed by atoms with Crippen LogP contribution in [0.2, 0.25) is 0 Å². The third kappa shape index (κ3) is 4.55. The second-order valence-corrected chi connectivity index (χ2v) is 7.59. The summed E-state index contributed by atoms with van der Waals surface area (Å²) >= 11 is 0. The summed E-state index contributed by atoms with van der Waals surface area (Å²) < 4.78 is 26.1. The van der Waals surface area contributed by atoms with Crippen LogP contribution in [0.3, 0.4) is 0 Å². The highest BCUT2D eigenvalue weighted by atomic mass is 32.2. The summed E-state index contributed by atoms with van der Waals surface area (Å²) in [4.78, 5) is 23.4. The molecule has 1 rings (SSSR count). The summed E-state index contributed by atoms with van der Waals surface area (Å²) in [6.07, 6.45) is 0. The van der Waals surface area contributed by atoms with E-state index in [0.717, 1.165) is 0 Å². The molecule has 24 heavy (non-hydrogen) atoms. The molecule has 0 radical (unpaired) electrons. The van der Waals surface area contributed by atoms with Crippen molar-refractivity contribution in [3.05, 3.63) is 29.8 Å². The quantitative estimate of drug-likeness (QED) is 0.735. The summed E-state index contributed by atoms with van der Waals surface area (Å²) in [7, 11) is -3.59. The van der Waals surface area contributed by atoms with E-state index in [2.05, 4.69) is 5.32 Å². The first-order valence-electron chi connectivity index (χ1n) is 7.79. The fourth-order valence-corrected chi connectivity index (χ4v) is 3.69. The van der Waals surface area contributed by atoms with Crippen molar-refractivity contribution in [2.75, 3.05) is 13.1 Å². The molecule has 0 aliphatic heterocycles. The number of carbonyl (C=O) groups is 2. The fourth-order valence-electron chi connectivity index (χ4n) is 2.23. The zero-order valence-electron chi connectivity index (χ0n) is 14.3. The highest BCUT2D eigenvalue weighted by Crippen LogP contribution is 2.16. The second-order valence-electron chi connectivity index (χ2n) is 5.65. The van der Waals surface area contributed by atoms with Crippen molar-refractivity contribution in [2.45, 2.75) is 38.6 Å². The molecule has 1 amide bonds. The van der Waals surface area contributed by atoms with Crippen molar-refractivity contribution in [3.8, 4) is 0 Å². The van der Waals surface area contributed by atoms with Gasteiger partial charge in [0.1, 0.15) is 6.04 Å². The van der Waals surface area contributed by atoms with Crippen molar-refractivity contribution in [3.63, 3.8) is 0 Å². The number of hydrogen-bond donors (Lipinski definition) is 2. The van der Waals surface area contributed by atoms with Gasteiger partial charge in [-0.1, -0.05) is 27.7 Å². The molecule has 0 spiro atoms. The lowest BCUT2D eigenvalue weighted by atomic mass is 10.0. The SMILES string of the molecule is CCN(CC)S(=O)(=O)c1ccc(C(=O)N[C@@H](C(=O)O)C(C)C)cc1. The Bertz CT molecular complexity index is 679. The van der Waals surface area contributed by atoms with Crippen LogP contribution in [0, 0.1) is 5.92 Å². The average molecular weight is 356 g/mol. The van der Waals surface area contributed by atoms with E-state index in [1.807, 2.05) is 0 Å². The van der Waals surface area contributed by atoms with Gasteiger partial charge in [-0.05, 0) is 30.2 Å². The van der Waals surface area contributed by atoms with E-state index < -0.39 is 27.9 Å². The van der Waals surface area contributed by atoms with E-state index >= 15 is 0 Å². The van der Waals surface area contributed by atoms with E-state index in [0.29, 0.717) is 13.1 Å². The Morgan fingerprint density at radius 1 is 1.12 bits per heavy atom. The van der Waals surface area contributed by atoms with Crippen LogP contribution in [0.25, 0.3) is 0 Å². The predicted octanol–water partition coefficient (Wildman–Crippen LogP) is 1.56. The van der Waals surface area contributed by atoms with Crippen LogP contribution in [0.1, 0.15) is 38.1 Å². The van der Waals surface area contributed by atoms with Gasteiger partial charge in [-0.25, -0.2) is 13.2 Å². The molecule has 0 saturated heterocycles. The Morgan fingerprint density at radius 2 is 1.62 bits per heavy atom. The monoisotopic (exact) mass is 356 g/mol. The predicted molar refractivity (Wildman–Crippen MR) is 90.3 cm³/mol. The lowest BCUT2D eigenvalue weighted by molar-refractivity contribution is -0.140.